The van der Waals surface area contributed by atoms with Gasteiger partial charge in [0.25, 0.3) is 0 Å². The highest BCUT2D eigenvalue weighted by atomic mass is 16.7. The van der Waals surface area contributed by atoms with Gasteiger partial charge in [-0.05, 0) is 44.9 Å². The molecule has 102 valence electrons. The van der Waals surface area contributed by atoms with E-state index in [1.807, 2.05) is 31.2 Å². The molecule has 1 rings (SSSR count). The third-order valence-corrected chi connectivity index (χ3v) is 2.37. The Bertz CT molecular complexity index is 421. The van der Waals surface area contributed by atoms with Gasteiger partial charge < -0.3 is 9.47 Å². The Hall–Kier alpha value is -2.03. The van der Waals surface area contributed by atoms with Crippen molar-refractivity contribution < 1.29 is 14.3 Å². The van der Waals surface area contributed by atoms with Crippen LogP contribution in [0.15, 0.2) is 54.6 Å². The Morgan fingerprint density at radius 3 is 2.58 bits per heavy atom. The number of allylic oxidation sites excluding steroid dienone is 3. The van der Waals surface area contributed by atoms with Crippen molar-refractivity contribution in [2.45, 2.75) is 32.8 Å². The fourth-order valence-electron chi connectivity index (χ4n) is 1.45. The first-order chi connectivity index (χ1) is 9.22. The van der Waals surface area contributed by atoms with Crippen LogP contribution in [0.2, 0.25) is 0 Å². The average Bonchev–Trinajstić information content (AvgIpc) is 2.39. The van der Waals surface area contributed by atoms with E-state index in [4.69, 9.17) is 9.47 Å². The maximum absolute atomic E-state index is 11.5. The van der Waals surface area contributed by atoms with Crippen LogP contribution in [0, 0.1) is 0 Å². The number of hydrogen-bond donors (Lipinski definition) is 0. The van der Waals surface area contributed by atoms with E-state index >= 15 is 0 Å². The van der Waals surface area contributed by atoms with Gasteiger partial charge in [0.1, 0.15) is 11.9 Å². The monoisotopic (exact) mass is 260 g/mol. The maximum Gasteiger partial charge on any atom is 0.514 e. The van der Waals surface area contributed by atoms with Crippen LogP contribution < -0.4 is 4.74 Å². The molecular weight excluding hydrogens is 240 g/mol. The minimum Gasteiger partial charge on any atom is -0.427 e. The molecule has 1 aromatic carbocycles. The third-order valence-electron chi connectivity index (χ3n) is 2.37. The zero-order valence-corrected chi connectivity index (χ0v) is 11.4. The van der Waals surface area contributed by atoms with E-state index in [-0.39, 0.29) is 6.10 Å². The van der Waals surface area contributed by atoms with Crippen molar-refractivity contribution in [1.29, 1.82) is 0 Å². The van der Waals surface area contributed by atoms with Crippen molar-refractivity contribution in [3.8, 4) is 5.75 Å². The summed E-state index contributed by atoms with van der Waals surface area (Å²) in [5.74, 6) is 0.483. The summed E-state index contributed by atoms with van der Waals surface area (Å²) >= 11 is 0. The quantitative estimate of drug-likeness (QED) is 0.327. The van der Waals surface area contributed by atoms with Gasteiger partial charge in [-0.2, -0.15) is 0 Å². The fourth-order valence-corrected chi connectivity index (χ4v) is 1.45. The van der Waals surface area contributed by atoms with Gasteiger partial charge in [-0.3, -0.25) is 0 Å². The molecule has 1 aromatic rings. The van der Waals surface area contributed by atoms with Crippen LogP contribution in [0.3, 0.4) is 0 Å². The van der Waals surface area contributed by atoms with Gasteiger partial charge >= 0.3 is 6.16 Å². The molecule has 0 aromatic heterocycles. The molecule has 0 radical (unpaired) electrons. The normalized spacial score (nSPS) is 12.7. The summed E-state index contributed by atoms with van der Waals surface area (Å²) in [5, 5.41) is 0. The lowest BCUT2D eigenvalue weighted by atomic mass is 10.2. The second kappa shape index (κ2) is 8.97. The van der Waals surface area contributed by atoms with Crippen LogP contribution in [0.25, 0.3) is 0 Å². The molecule has 0 aliphatic carbocycles. The SMILES string of the molecule is C/C=C/CC/C=C/C(C)OC(=O)Oc1ccccc1. The van der Waals surface area contributed by atoms with E-state index in [1.54, 1.807) is 31.2 Å². The first-order valence-corrected chi connectivity index (χ1v) is 6.43. The topological polar surface area (TPSA) is 35.5 Å². The molecule has 0 spiro atoms. The molecule has 0 aliphatic rings. The lowest BCUT2D eigenvalue weighted by Gasteiger charge is -2.09. The summed E-state index contributed by atoms with van der Waals surface area (Å²) in [6.45, 7) is 3.80. The molecule has 0 aliphatic heterocycles. The molecule has 0 fully saturated rings. The molecule has 3 nitrogen and oxygen atoms in total. The molecule has 0 bridgehead atoms. The lowest BCUT2D eigenvalue weighted by molar-refractivity contribution is 0.0823. The van der Waals surface area contributed by atoms with Crippen molar-refractivity contribution >= 4 is 6.16 Å². The number of carbonyl (C=O) groups is 1. The largest absolute Gasteiger partial charge is 0.514 e. The Kier molecular flexibility index (Phi) is 7.10. The zero-order valence-electron chi connectivity index (χ0n) is 11.4. The highest BCUT2D eigenvalue weighted by Crippen LogP contribution is 2.10. The summed E-state index contributed by atoms with van der Waals surface area (Å²) < 4.78 is 10.1. The van der Waals surface area contributed by atoms with Crippen molar-refractivity contribution in [2.75, 3.05) is 0 Å². The predicted octanol–water partition coefficient (Wildman–Crippen LogP) is 4.50. The second-order valence-corrected chi connectivity index (χ2v) is 4.06. The van der Waals surface area contributed by atoms with E-state index in [2.05, 4.69) is 6.08 Å². The van der Waals surface area contributed by atoms with Gasteiger partial charge in [0.2, 0.25) is 0 Å². The number of unbranched alkanes of at least 4 members (excludes halogenated alkanes) is 1. The fraction of sp³-hybridized carbons (Fsp3) is 0.312. The van der Waals surface area contributed by atoms with Crippen molar-refractivity contribution in [2.24, 2.45) is 0 Å². The van der Waals surface area contributed by atoms with Crippen LogP contribution >= 0.6 is 0 Å². The standard InChI is InChI=1S/C16H20O3/c1-3-4-5-6-8-11-14(2)18-16(17)19-15-12-9-7-10-13-15/h3-4,7-14H,5-6H2,1-2H3/b4-3+,11-8+. The summed E-state index contributed by atoms with van der Waals surface area (Å²) in [6.07, 6.45) is 8.93. The van der Waals surface area contributed by atoms with Crippen molar-refractivity contribution in [3.63, 3.8) is 0 Å². The van der Waals surface area contributed by atoms with E-state index in [9.17, 15) is 4.79 Å². The molecule has 0 saturated carbocycles. The van der Waals surface area contributed by atoms with Gasteiger partial charge in [-0.1, -0.05) is 36.4 Å². The molecule has 0 heterocycles. The van der Waals surface area contributed by atoms with E-state index < -0.39 is 6.16 Å². The second-order valence-electron chi connectivity index (χ2n) is 4.06. The van der Waals surface area contributed by atoms with Crippen molar-refractivity contribution in [3.05, 3.63) is 54.6 Å². The summed E-state index contributed by atoms with van der Waals surface area (Å²) in [7, 11) is 0. The van der Waals surface area contributed by atoms with Gasteiger partial charge in [0.05, 0.1) is 0 Å². The highest BCUT2D eigenvalue weighted by molar-refractivity contribution is 5.64. The van der Waals surface area contributed by atoms with Crippen LogP contribution in [-0.2, 0) is 4.74 Å². The minimum atomic E-state index is -0.684. The van der Waals surface area contributed by atoms with Crippen LogP contribution in [-0.4, -0.2) is 12.3 Å². The lowest BCUT2D eigenvalue weighted by Crippen LogP contribution is -2.16. The Labute approximate surface area is 114 Å². The Morgan fingerprint density at radius 2 is 1.89 bits per heavy atom. The number of para-hydroxylation sites is 1. The number of ether oxygens (including phenoxy) is 2. The Morgan fingerprint density at radius 1 is 1.21 bits per heavy atom. The number of hydrogen-bond acceptors (Lipinski definition) is 3. The summed E-state index contributed by atoms with van der Waals surface area (Å²) in [4.78, 5) is 11.5. The molecule has 19 heavy (non-hydrogen) atoms. The molecule has 3 heteroatoms. The molecule has 0 amide bonds. The number of benzene rings is 1. The smallest absolute Gasteiger partial charge is 0.427 e. The summed E-state index contributed by atoms with van der Waals surface area (Å²) in [5.41, 5.74) is 0. The zero-order chi connectivity index (χ0) is 13.9. The minimum absolute atomic E-state index is 0.290. The Balaban J connectivity index is 2.28. The summed E-state index contributed by atoms with van der Waals surface area (Å²) in [6, 6.07) is 8.87. The van der Waals surface area contributed by atoms with E-state index in [0.717, 1.165) is 12.8 Å². The molecular formula is C16H20O3. The average molecular weight is 260 g/mol. The van der Waals surface area contributed by atoms with Crippen molar-refractivity contribution in [1.82, 2.24) is 0 Å². The first kappa shape index (κ1) is 15.0. The molecule has 0 saturated heterocycles. The van der Waals surface area contributed by atoms with Gasteiger partial charge in [0, 0.05) is 0 Å². The first-order valence-electron chi connectivity index (χ1n) is 6.43. The predicted molar refractivity (Wildman–Crippen MR) is 76.2 cm³/mol. The van der Waals surface area contributed by atoms with Gasteiger partial charge in [-0.15, -0.1) is 0 Å². The number of carbonyl (C=O) groups excluding carboxylic acids is 1. The highest BCUT2D eigenvalue weighted by Gasteiger charge is 2.08. The maximum atomic E-state index is 11.5. The van der Waals surface area contributed by atoms with Gasteiger partial charge in [-0.25, -0.2) is 4.79 Å². The molecule has 0 N–H and O–H groups in total. The molecule has 1 atom stereocenters. The van der Waals surface area contributed by atoms with E-state index in [1.165, 1.54) is 0 Å². The van der Waals surface area contributed by atoms with Gasteiger partial charge in [0.15, 0.2) is 0 Å². The van der Waals surface area contributed by atoms with Crippen LogP contribution in [0.5, 0.6) is 5.75 Å². The van der Waals surface area contributed by atoms with Crippen LogP contribution in [0.4, 0.5) is 4.79 Å². The molecule has 1 unspecified atom stereocenters. The third kappa shape index (κ3) is 7.09. The van der Waals surface area contributed by atoms with E-state index in [0.29, 0.717) is 5.75 Å². The van der Waals surface area contributed by atoms with Crippen LogP contribution in [0.1, 0.15) is 26.7 Å². The number of rotatable bonds is 6.